The van der Waals surface area contributed by atoms with Gasteiger partial charge in [-0.25, -0.2) is 4.98 Å². The molecule has 9 heteroatoms. The predicted octanol–water partition coefficient (Wildman–Crippen LogP) is 2.30. The molecule has 1 aromatic carbocycles. The number of nitrogens with zero attached hydrogens (tertiary/aromatic N) is 1. The van der Waals surface area contributed by atoms with E-state index in [0.29, 0.717) is 27.4 Å². The van der Waals surface area contributed by atoms with E-state index >= 15 is 0 Å². The molecule has 2 amide bonds. The Morgan fingerprint density at radius 2 is 1.93 bits per heavy atom. The first-order valence-corrected chi connectivity index (χ1v) is 10.1. The third kappa shape index (κ3) is 4.55. The Kier molecular flexibility index (Phi) is 5.92. The molecule has 0 saturated heterocycles. The summed E-state index contributed by atoms with van der Waals surface area (Å²) in [6, 6.07) is 8.60. The molecule has 0 aliphatic carbocycles. The van der Waals surface area contributed by atoms with Crippen molar-refractivity contribution in [3.8, 4) is 0 Å². The SMILES string of the molecule is Cc1sc2nc(CSCC(=O)NNC(=O)c3ccccc3)[nH]c(=O)c2c1C. The minimum atomic E-state index is -0.381. The van der Waals surface area contributed by atoms with Crippen LogP contribution in [0.2, 0.25) is 0 Å². The van der Waals surface area contributed by atoms with Crippen molar-refractivity contribution in [1.82, 2.24) is 20.8 Å². The quantitative estimate of drug-likeness (QED) is 0.568. The summed E-state index contributed by atoms with van der Waals surface area (Å²) < 4.78 is 0. The average Bonchev–Trinajstić information content (AvgIpc) is 2.94. The highest BCUT2D eigenvalue weighted by atomic mass is 32.2. The van der Waals surface area contributed by atoms with Gasteiger partial charge in [0.25, 0.3) is 11.5 Å². The first-order valence-electron chi connectivity index (χ1n) is 8.16. The van der Waals surface area contributed by atoms with Gasteiger partial charge in [0.1, 0.15) is 10.7 Å². The number of aromatic amines is 1. The summed E-state index contributed by atoms with van der Waals surface area (Å²) in [6.45, 7) is 3.87. The zero-order valence-electron chi connectivity index (χ0n) is 14.8. The number of benzene rings is 1. The van der Waals surface area contributed by atoms with Gasteiger partial charge < -0.3 is 4.98 Å². The highest BCUT2D eigenvalue weighted by Crippen LogP contribution is 2.26. The number of aromatic nitrogens is 2. The normalized spacial score (nSPS) is 10.7. The fraction of sp³-hybridized carbons (Fsp3) is 0.222. The van der Waals surface area contributed by atoms with E-state index in [1.807, 2.05) is 13.8 Å². The molecule has 0 aliphatic rings. The van der Waals surface area contributed by atoms with Gasteiger partial charge in [0.05, 0.1) is 16.9 Å². The minimum Gasteiger partial charge on any atom is -0.309 e. The monoisotopic (exact) mass is 402 g/mol. The van der Waals surface area contributed by atoms with Gasteiger partial charge in [0, 0.05) is 10.4 Å². The van der Waals surface area contributed by atoms with Crippen molar-refractivity contribution in [1.29, 1.82) is 0 Å². The van der Waals surface area contributed by atoms with Gasteiger partial charge in [-0.2, -0.15) is 0 Å². The van der Waals surface area contributed by atoms with E-state index in [-0.39, 0.29) is 23.1 Å². The van der Waals surface area contributed by atoms with Crippen molar-refractivity contribution in [2.24, 2.45) is 0 Å². The molecule has 0 radical (unpaired) electrons. The summed E-state index contributed by atoms with van der Waals surface area (Å²) in [7, 11) is 0. The zero-order valence-corrected chi connectivity index (χ0v) is 16.4. The molecule has 27 heavy (non-hydrogen) atoms. The van der Waals surface area contributed by atoms with Gasteiger partial charge in [-0.05, 0) is 31.5 Å². The molecular weight excluding hydrogens is 384 g/mol. The summed E-state index contributed by atoms with van der Waals surface area (Å²) >= 11 is 2.79. The highest BCUT2D eigenvalue weighted by Gasteiger charge is 2.12. The van der Waals surface area contributed by atoms with Gasteiger partial charge >= 0.3 is 0 Å². The lowest BCUT2D eigenvalue weighted by Gasteiger charge is -2.07. The molecule has 140 valence electrons. The zero-order chi connectivity index (χ0) is 19.4. The number of thioether (sulfide) groups is 1. The largest absolute Gasteiger partial charge is 0.309 e. The molecule has 0 fully saturated rings. The standard InChI is InChI=1S/C18H18N4O3S2/c1-10-11(2)27-18-15(10)17(25)19-13(20-18)8-26-9-14(23)21-22-16(24)12-6-4-3-5-7-12/h3-7H,8-9H2,1-2H3,(H,21,23)(H,22,24)(H,19,20,25). The van der Waals surface area contributed by atoms with Gasteiger partial charge in [-0.3, -0.25) is 25.2 Å². The van der Waals surface area contributed by atoms with Crippen LogP contribution < -0.4 is 16.4 Å². The molecule has 0 atom stereocenters. The number of hydrogen-bond acceptors (Lipinski definition) is 6. The first kappa shape index (κ1) is 19.1. The molecule has 2 heterocycles. The molecule has 3 N–H and O–H groups in total. The van der Waals surface area contributed by atoms with Crippen LogP contribution in [0.5, 0.6) is 0 Å². The molecular formula is C18H18N4O3S2. The van der Waals surface area contributed by atoms with E-state index in [9.17, 15) is 14.4 Å². The number of nitrogens with one attached hydrogen (secondary N) is 3. The van der Waals surface area contributed by atoms with Gasteiger partial charge in [0.15, 0.2) is 0 Å². The van der Waals surface area contributed by atoms with E-state index in [4.69, 9.17) is 0 Å². The van der Waals surface area contributed by atoms with Crippen molar-refractivity contribution >= 4 is 45.1 Å². The number of carbonyl (C=O) groups is 2. The van der Waals surface area contributed by atoms with E-state index in [0.717, 1.165) is 10.4 Å². The average molecular weight is 403 g/mol. The summed E-state index contributed by atoms with van der Waals surface area (Å²) in [5.41, 5.74) is 6.00. The van der Waals surface area contributed by atoms with Crippen LogP contribution in [0.1, 0.15) is 26.6 Å². The lowest BCUT2D eigenvalue weighted by Crippen LogP contribution is -2.42. The smallest absolute Gasteiger partial charge is 0.269 e. The molecule has 3 aromatic rings. The summed E-state index contributed by atoms with van der Waals surface area (Å²) in [6.07, 6.45) is 0. The van der Waals surface area contributed by atoms with Crippen LogP contribution in [-0.4, -0.2) is 27.5 Å². The Balaban J connectivity index is 1.51. The van der Waals surface area contributed by atoms with E-state index in [2.05, 4.69) is 20.8 Å². The summed E-state index contributed by atoms with van der Waals surface area (Å²) in [4.78, 5) is 45.0. The molecule has 3 rings (SSSR count). The second kappa shape index (κ2) is 8.36. The van der Waals surface area contributed by atoms with Crippen LogP contribution in [0.15, 0.2) is 35.1 Å². The van der Waals surface area contributed by atoms with Crippen molar-refractivity contribution in [3.05, 3.63) is 62.5 Å². The van der Waals surface area contributed by atoms with Crippen LogP contribution in [0, 0.1) is 13.8 Å². The molecule has 0 aliphatic heterocycles. The van der Waals surface area contributed by atoms with Crippen molar-refractivity contribution < 1.29 is 9.59 Å². The van der Waals surface area contributed by atoms with Crippen LogP contribution in [-0.2, 0) is 10.5 Å². The summed E-state index contributed by atoms with van der Waals surface area (Å²) in [5, 5.41) is 0.632. The van der Waals surface area contributed by atoms with Crippen LogP contribution in [0.4, 0.5) is 0 Å². The van der Waals surface area contributed by atoms with Gasteiger partial charge in [-0.15, -0.1) is 23.1 Å². The number of carbonyl (C=O) groups excluding carboxylic acids is 2. The first-order chi connectivity index (χ1) is 13.0. The Bertz CT molecular complexity index is 1040. The second-order valence-electron chi connectivity index (χ2n) is 5.84. The number of fused-ring (bicyclic) bond motifs is 1. The second-order valence-corrected chi connectivity index (χ2v) is 8.03. The molecule has 2 aromatic heterocycles. The Labute approximate surface area is 163 Å². The Hall–Kier alpha value is -2.65. The summed E-state index contributed by atoms with van der Waals surface area (Å²) in [5.74, 6) is 0.324. The number of hydrazine groups is 1. The number of H-pyrrole nitrogens is 1. The third-order valence-corrected chi connectivity index (χ3v) is 5.96. The predicted molar refractivity (Wildman–Crippen MR) is 108 cm³/mol. The topological polar surface area (TPSA) is 104 Å². The van der Waals surface area contributed by atoms with E-state index < -0.39 is 0 Å². The number of amides is 2. The van der Waals surface area contributed by atoms with Crippen LogP contribution in [0.25, 0.3) is 10.2 Å². The number of hydrogen-bond donors (Lipinski definition) is 3. The van der Waals surface area contributed by atoms with Crippen LogP contribution >= 0.6 is 23.1 Å². The Morgan fingerprint density at radius 1 is 1.19 bits per heavy atom. The minimum absolute atomic E-state index is 0.124. The van der Waals surface area contributed by atoms with Gasteiger partial charge in [-0.1, -0.05) is 18.2 Å². The Morgan fingerprint density at radius 3 is 2.67 bits per heavy atom. The third-order valence-electron chi connectivity index (χ3n) is 3.91. The molecule has 0 bridgehead atoms. The van der Waals surface area contributed by atoms with E-state index in [1.54, 1.807) is 30.3 Å². The fourth-order valence-electron chi connectivity index (χ4n) is 2.43. The fourth-order valence-corrected chi connectivity index (χ4v) is 4.17. The van der Waals surface area contributed by atoms with Crippen molar-refractivity contribution in [3.63, 3.8) is 0 Å². The maximum Gasteiger partial charge on any atom is 0.269 e. The highest BCUT2D eigenvalue weighted by molar-refractivity contribution is 7.99. The molecule has 0 spiro atoms. The van der Waals surface area contributed by atoms with Crippen molar-refractivity contribution in [2.75, 3.05) is 5.75 Å². The molecule has 0 saturated carbocycles. The molecule has 0 unspecified atom stereocenters. The van der Waals surface area contributed by atoms with Gasteiger partial charge in [0.2, 0.25) is 5.91 Å². The maximum atomic E-state index is 12.2. The maximum absolute atomic E-state index is 12.2. The van der Waals surface area contributed by atoms with E-state index in [1.165, 1.54) is 23.1 Å². The number of thiophene rings is 1. The lowest BCUT2D eigenvalue weighted by atomic mass is 10.2. The number of rotatable bonds is 5. The number of aryl methyl sites for hydroxylation is 2. The lowest BCUT2D eigenvalue weighted by molar-refractivity contribution is -0.119. The molecule has 7 nitrogen and oxygen atoms in total. The van der Waals surface area contributed by atoms with Crippen molar-refractivity contribution in [2.45, 2.75) is 19.6 Å². The van der Waals surface area contributed by atoms with Crippen LogP contribution in [0.3, 0.4) is 0 Å².